The number of piperidine rings is 1. The predicted molar refractivity (Wildman–Crippen MR) is 104 cm³/mol. The van der Waals surface area contributed by atoms with Crippen LogP contribution in [-0.4, -0.2) is 47.0 Å². The molecular weight excluding hydrogens is 324 g/mol. The maximum atomic E-state index is 12.5. The van der Waals surface area contributed by atoms with Crippen molar-refractivity contribution in [1.82, 2.24) is 20.2 Å². The van der Waals surface area contributed by atoms with Gasteiger partial charge in [-0.2, -0.15) is 0 Å². The molecule has 0 atom stereocenters. The van der Waals surface area contributed by atoms with Crippen LogP contribution in [0.1, 0.15) is 18.4 Å². The van der Waals surface area contributed by atoms with Crippen LogP contribution in [0, 0.1) is 0 Å². The molecule has 3 heterocycles. The summed E-state index contributed by atoms with van der Waals surface area (Å²) in [6.07, 6.45) is 6.20. The van der Waals surface area contributed by atoms with E-state index in [4.69, 9.17) is 0 Å². The van der Waals surface area contributed by atoms with E-state index in [1.54, 1.807) is 0 Å². The second kappa shape index (κ2) is 7.30. The number of pyridine rings is 1. The number of carbonyl (C=O) groups excluding carboxylic acids is 1. The summed E-state index contributed by atoms with van der Waals surface area (Å²) >= 11 is 0. The van der Waals surface area contributed by atoms with Gasteiger partial charge in [-0.1, -0.05) is 30.3 Å². The molecule has 5 nitrogen and oxygen atoms in total. The Bertz CT molecular complexity index is 895. The minimum Gasteiger partial charge on any atom is -0.353 e. The van der Waals surface area contributed by atoms with Crippen LogP contribution in [0.4, 0.5) is 0 Å². The van der Waals surface area contributed by atoms with Crippen molar-refractivity contribution in [2.45, 2.75) is 25.3 Å². The van der Waals surface area contributed by atoms with Gasteiger partial charge in [-0.3, -0.25) is 4.79 Å². The maximum Gasteiger partial charge on any atom is 0.224 e. The molecule has 1 aliphatic heterocycles. The normalized spacial score (nSPS) is 16.0. The number of hydrogen-bond acceptors (Lipinski definition) is 3. The monoisotopic (exact) mass is 348 g/mol. The third kappa shape index (κ3) is 3.63. The lowest BCUT2D eigenvalue weighted by Crippen LogP contribution is -2.43. The molecule has 2 N–H and O–H groups in total. The number of aromatic amines is 1. The molecule has 3 aromatic rings. The number of hydrogen-bond donors (Lipinski definition) is 2. The molecule has 0 unspecified atom stereocenters. The van der Waals surface area contributed by atoms with Crippen LogP contribution in [0.3, 0.4) is 0 Å². The van der Waals surface area contributed by atoms with E-state index in [0.717, 1.165) is 53.7 Å². The molecule has 1 amide bonds. The largest absolute Gasteiger partial charge is 0.353 e. The zero-order valence-electron chi connectivity index (χ0n) is 15.0. The molecule has 2 aromatic heterocycles. The average molecular weight is 348 g/mol. The van der Waals surface area contributed by atoms with E-state index in [0.29, 0.717) is 12.5 Å². The van der Waals surface area contributed by atoms with Gasteiger partial charge in [-0.05, 0) is 50.2 Å². The number of carbonyl (C=O) groups is 1. The smallest absolute Gasteiger partial charge is 0.224 e. The molecule has 134 valence electrons. The van der Waals surface area contributed by atoms with Crippen LogP contribution < -0.4 is 5.32 Å². The van der Waals surface area contributed by atoms with E-state index >= 15 is 0 Å². The Hall–Kier alpha value is -2.66. The van der Waals surface area contributed by atoms with E-state index in [1.165, 1.54) is 0 Å². The van der Waals surface area contributed by atoms with Crippen LogP contribution in [0.2, 0.25) is 0 Å². The highest BCUT2D eigenvalue weighted by Crippen LogP contribution is 2.25. The number of H-pyrrole nitrogens is 1. The second-order valence-corrected chi connectivity index (χ2v) is 7.12. The van der Waals surface area contributed by atoms with Gasteiger partial charge in [0.15, 0.2) is 0 Å². The van der Waals surface area contributed by atoms with Crippen molar-refractivity contribution in [2.75, 3.05) is 20.1 Å². The van der Waals surface area contributed by atoms with Gasteiger partial charge in [-0.25, -0.2) is 4.98 Å². The molecular formula is C21H24N4O. The fraction of sp³-hybridized carbons (Fsp3) is 0.333. The number of benzene rings is 1. The first kappa shape index (κ1) is 16.8. The number of likely N-dealkylation sites (tertiary alicyclic amines) is 1. The zero-order valence-corrected chi connectivity index (χ0v) is 15.0. The predicted octanol–water partition coefficient (Wildman–Crippen LogP) is 2.98. The van der Waals surface area contributed by atoms with E-state index in [2.05, 4.69) is 45.4 Å². The lowest BCUT2D eigenvalue weighted by molar-refractivity contribution is -0.121. The molecule has 0 bridgehead atoms. The Kier molecular flexibility index (Phi) is 4.71. The minimum atomic E-state index is 0.0885. The summed E-state index contributed by atoms with van der Waals surface area (Å²) in [5.41, 5.74) is 4.02. The number of nitrogens with zero attached hydrogens (tertiary/aromatic N) is 2. The summed E-state index contributed by atoms with van der Waals surface area (Å²) in [6.45, 7) is 2.09. The van der Waals surface area contributed by atoms with Crippen molar-refractivity contribution in [2.24, 2.45) is 0 Å². The summed E-state index contributed by atoms with van der Waals surface area (Å²) in [6, 6.07) is 12.6. The number of amides is 1. The van der Waals surface area contributed by atoms with E-state index in [-0.39, 0.29) is 5.91 Å². The highest BCUT2D eigenvalue weighted by molar-refractivity contribution is 5.89. The van der Waals surface area contributed by atoms with Crippen molar-refractivity contribution in [1.29, 1.82) is 0 Å². The van der Waals surface area contributed by atoms with Gasteiger partial charge in [0.1, 0.15) is 5.65 Å². The molecule has 1 fully saturated rings. The zero-order chi connectivity index (χ0) is 17.9. The molecule has 1 aromatic carbocycles. The Balaban J connectivity index is 1.50. The third-order valence-corrected chi connectivity index (χ3v) is 5.16. The van der Waals surface area contributed by atoms with Crippen LogP contribution in [0.15, 0.2) is 48.8 Å². The van der Waals surface area contributed by atoms with Gasteiger partial charge in [-0.15, -0.1) is 0 Å². The van der Waals surface area contributed by atoms with E-state index < -0.39 is 0 Å². The van der Waals surface area contributed by atoms with E-state index in [1.807, 2.05) is 30.6 Å². The van der Waals surface area contributed by atoms with Crippen molar-refractivity contribution in [3.05, 3.63) is 54.4 Å². The van der Waals surface area contributed by atoms with Crippen molar-refractivity contribution in [3.8, 4) is 11.1 Å². The summed E-state index contributed by atoms with van der Waals surface area (Å²) in [7, 11) is 2.13. The lowest BCUT2D eigenvalue weighted by atomic mass is 10.0. The molecule has 0 spiro atoms. The third-order valence-electron chi connectivity index (χ3n) is 5.16. The van der Waals surface area contributed by atoms with Crippen molar-refractivity contribution >= 4 is 16.9 Å². The van der Waals surface area contributed by atoms with Crippen LogP contribution in [0.5, 0.6) is 0 Å². The summed E-state index contributed by atoms with van der Waals surface area (Å²) in [5.74, 6) is 0.0885. The van der Waals surface area contributed by atoms with Gasteiger partial charge in [0.2, 0.25) is 5.91 Å². The topological polar surface area (TPSA) is 61.0 Å². The van der Waals surface area contributed by atoms with E-state index in [9.17, 15) is 4.79 Å². The number of aromatic nitrogens is 2. The average Bonchev–Trinajstić information content (AvgIpc) is 3.06. The molecule has 4 rings (SSSR count). The molecule has 1 aliphatic rings. The summed E-state index contributed by atoms with van der Waals surface area (Å²) < 4.78 is 0. The highest BCUT2D eigenvalue weighted by Gasteiger charge is 2.19. The van der Waals surface area contributed by atoms with Gasteiger partial charge in [0.05, 0.1) is 6.42 Å². The fourth-order valence-corrected chi connectivity index (χ4v) is 3.60. The standard InChI is InChI=1S/C21H24N4O/c1-25-9-7-18(8-10-25)24-20(26)12-17-14-23-21-19(17)11-16(13-22-21)15-5-3-2-4-6-15/h2-6,11,13-14,18H,7-10,12H2,1H3,(H,22,23)(H,24,26). The van der Waals surface area contributed by atoms with Crippen LogP contribution in [0.25, 0.3) is 22.2 Å². The Morgan fingerprint density at radius 3 is 2.77 bits per heavy atom. The van der Waals surface area contributed by atoms with Gasteiger partial charge < -0.3 is 15.2 Å². The summed E-state index contributed by atoms with van der Waals surface area (Å²) in [5, 5.41) is 4.21. The Morgan fingerprint density at radius 1 is 1.23 bits per heavy atom. The molecule has 0 aliphatic carbocycles. The van der Waals surface area contributed by atoms with Gasteiger partial charge in [0.25, 0.3) is 0 Å². The number of rotatable bonds is 4. The quantitative estimate of drug-likeness (QED) is 0.762. The number of fused-ring (bicyclic) bond motifs is 1. The fourth-order valence-electron chi connectivity index (χ4n) is 3.60. The Labute approximate surface area is 153 Å². The highest BCUT2D eigenvalue weighted by atomic mass is 16.1. The minimum absolute atomic E-state index is 0.0885. The molecule has 0 radical (unpaired) electrons. The first-order valence-electron chi connectivity index (χ1n) is 9.18. The molecule has 1 saturated heterocycles. The molecule has 26 heavy (non-hydrogen) atoms. The van der Waals surface area contributed by atoms with Crippen molar-refractivity contribution in [3.63, 3.8) is 0 Å². The molecule has 0 saturated carbocycles. The Morgan fingerprint density at radius 2 is 2.00 bits per heavy atom. The van der Waals surface area contributed by atoms with Crippen LogP contribution >= 0.6 is 0 Å². The number of nitrogens with one attached hydrogen (secondary N) is 2. The van der Waals surface area contributed by atoms with Crippen molar-refractivity contribution < 1.29 is 4.79 Å². The lowest BCUT2D eigenvalue weighted by Gasteiger charge is -2.29. The van der Waals surface area contributed by atoms with Gasteiger partial charge >= 0.3 is 0 Å². The van der Waals surface area contributed by atoms with Crippen LogP contribution in [-0.2, 0) is 11.2 Å². The first-order chi connectivity index (χ1) is 12.7. The first-order valence-corrected chi connectivity index (χ1v) is 9.18. The SMILES string of the molecule is CN1CCC(NC(=O)Cc2c[nH]c3ncc(-c4ccccc4)cc23)CC1. The maximum absolute atomic E-state index is 12.5. The second-order valence-electron chi connectivity index (χ2n) is 7.12. The summed E-state index contributed by atoms with van der Waals surface area (Å²) in [4.78, 5) is 22.5. The molecule has 5 heteroatoms. The van der Waals surface area contributed by atoms with Gasteiger partial charge in [0, 0.05) is 29.4 Å².